The van der Waals surface area contributed by atoms with Gasteiger partial charge >= 0.3 is 0 Å². The zero-order valence-corrected chi connectivity index (χ0v) is 17.5. The number of halogens is 2. The van der Waals surface area contributed by atoms with Gasteiger partial charge in [0.2, 0.25) is 0 Å². The first-order valence-electron chi connectivity index (χ1n) is 8.30. The predicted molar refractivity (Wildman–Crippen MR) is 112 cm³/mol. The Hall–Kier alpha value is -0.780. The lowest BCUT2D eigenvalue weighted by Gasteiger charge is -2.35. The molecule has 140 valence electrons. The molecule has 0 amide bonds. The monoisotopic (exact) mass is 402 g/mol. The van der Waals surface area contributed by atoms with Crippen LogP contribution in [0.2, 0.25) is 0 Å². The molecule has 6 heteroatoms. The van der Waals surface area contributed by atoms with E-state index in [1.165, 1.54) is 10.4 Å². The highest BCUT2D eigenvalue weighted by Crippen LogP contribution is 2.33. The molecule has 1 aromatic carbocycles. The molecule has 3 nitrogen and oxygen atoms in total. The maximum atomic E-state index is 5.95. The molecular formula is C19H28Cl2N2OS. The molecule has 1 fully saturated rings. The molecule has 0 radical (unpaired) electrons. The first-order valence-corrected chi connectivity index (χ1v) is 9.18. The van der Waals surface area contributed by atoms with E-state index in [0.29, 0.717) is 6.04 Å². The van der Waals surface area contributed by atoms with Gasteiger partial charge in [-0.05, 0) is 49.9 Å². The first-order chi connectivity index (χ1) is 11.0. The Morgan fingerprint density at radius 3 is 2.20 bits per heavy atom. The van der Waals surface area contributed by atoms with Crippen molar-refractivity contribution >= 4 is 36.2 Å². The van der Waals surface area contributed by atoms with Crippen molar-refractivity contribution in [3.63, 3.8) is 0 Å². The first kappa shape index (κ1) is 22.3. The van der Waals surface area contributed by atoms with Crippen LogP contribution in [0.1, 0.15) is 37.3 Å². The number of thiophene rings is 1. The Balaban J connectivity index is 0.00000156. The van der Waals surface area contributed by atoms with E-state index in [9.17, 15) is 0 Å². The second-order valence-electron chi connectivity index (χ2n) is 6.99. The van der Waals surface area contributed by atoms with Crippen LogP contribution >= 0.6 is 36.2 Å². The number of hydrogen-bond acceptors (Lipinski definition) is 4. The molecule has 0 saturated carbocycles. The van der Waals surface area contributed by atoms with Crippen LogP contribution in [0.3, 0.4) is 0 Å². The third-order valence-electron chi connectivity index (χ3n) is 3.95. The summed E-state index contributed by atoms with van der Waals surface area (Å²) in [6, 6.07) is 13.4. The van der Waals surface area contributed by atoms with Gasteiger partial charge in [0.25, 0.3) is 0 Å². The van der Waals surface area contributed by atoms with Crippen molar-refractivity contribution in [1.82, 2.24) is 10.2 Å². The summed E-state index contributed by atoms with van der Waals surface area (Å²) in [5.41, 5.74) is 1.18. The van der Waals surface area contributed by atoms with Gasteiger partial charge in [-0.1, -0.05) is 18.2 Å². The highest BCUT2D eigenvalue weighted by atomic mass is 35.5. The Labute approximate surface area is 167 Å². The fourth-order valence-electron chi connectivity index (χ4n) is 3.01. The molecule has 0 aliphatic carbocycles. The lowest BCUT2D eigenvalue weighted by molar-refractivity contribution is 0.131. The van der Waals surface area contributed by atoms with E-state index in [-0.39, 0.29) is 30.4 Å². The lowest BCUT2D eigenvalue weighted by atomic mass is 10.0. The van der Waals surface area contributed by atoms with E-state index >= 15 is 0 Å². The third-order valence-corrected chi connectivity index (χ3v) is 4.87. The quantitative estimate of drug-likeness (QED) is 0.797. The van der Waals surface area contributed by atoms with E-state index in [1.54, 1.807) is 0 Å². The maximum absolute atomic E-state index is 5.95. The van der Waals surface area contributed by atoms with Gasteiger partial charge in [0.15, 0.2) is 0 Å². The molecule has 1 atom stereocenters. The zero-order chi connectivity index (χ0) is 16.3. The van der Waals surface area contributed by atoms with Gasteiger partial charge in [-0.25, -0.2) is 0 Å². The standard InChI is InChI=1S/C19H26N2OS.2ClH/c1-19(2,3)22-16-8-6-15(7-9-16)18(17-5-4-14-23-17)21-12-10-20-11-13-21;;/h4-9,14,18,20H,10-13H2,1-3H3;2*1H/t18-;;/m0../s1. The molecule has 1 aromatic heterocycles. The number of rotatable bonds is 4. The fourth-order valence-corrected chi connectivity index (χ4v) is 3.90. The summed E-state index contributed by atoms with van der Waals surface area (Å²) in [4.78, 5) is 3.98. The zero-order valence-electron chi connectivity index (χ0n) is 15.0. The topological polar surface area (TPSA) is 24.5 Å². The number of piperazine rings is 1. The Kier molecular flexibility index (Phi) is 8.72. The van der Waals surface area contributed by atoms with Crippen LogP contribution in [0, 0.1) is 0 Å². The van der Waals surface area contributed by atoms with Crippen LogP contribution in [-0.4, -0.2) is 36.7 Å². The van der Waals surface area contributed by atoms with E-state index in [4.69, 9.17) is 4.74 Å². The van der Waals surface area contributed by atoms with Gasteiger partial charge in [0.05, 0.1) is 6.04 Å². The Morgan fingerprint density at radius 2 is 1.68 bits per heavy atom. The molecule has 3 rings (SSSR count). The summed E-state index contributed by atoms with van der Waals surface area (Å²) in [6.07, 6.45) is 0. The molecule has 2 aromatic rings. The summed E-state index contributed by atoms with van der Waals surface area (Å²) >= 11 is 1.84. The normalized spacial score (nSPS) is 16.4. The average Bonchev–Trinajstić information content (AvgIpc) is 3.03. The van der Waals surface area contributed by atoms with Crippen LogP contribution < -0.4 is 10.1 Å². The molecule has 1 saturated heterocycles. The molecular weight excluding hydrogens is 375 g/mol. The van der Waals surface area contributed by atoms with Crippen LogP contribution in [0.15, 0.2) is 41.8 Å². The van der Waals surface area contributed by atoms with Crippen LogP contribution in [0.4, 0.5) is 0 Å². The fraction of sp³-hybridized carbons (Fsp3) is 0.474. The molecule has 2 heterocycles. The summed E-state index contributed by atoms with van der Waals surface area (Å²) in [6.45, 7) is 10.5. The summed E-state index contributed by atoms with van der Waals surface area (Å²) in [5.74, 6) is 0.937. The van der Waals surface area contributed by atoms with Gasteiger partial charge in [-0.3, -0.25) is 4.90 Å². The molecule has 0 spiro atoms. The molecule has 1 aliphatic heterocycles. The Morgan fingerprint density at radius 1 is 1.04 bits per heavy atom. The van der Waals surface area contributed by atoms with Gasteiger partial charge in [0, 0.05) is 31.1 Å². The van der Waals surface area contributed by atoms with Gasteiger partial charge in [0.1, 0.15) is 11.4 Å². The number of nitrogens with zero attached hydrogens (tertiary/aromatic N) is 1. The molecule has 1 aliphatic rings. The summed E-state index contributed by atoms with van der Waals surface area (Å²) in [5, 5.41) is 5.61. The van der Waals surface area contributed by atoms with E-state index in [1.807, 2.05) is 11.3 Å². The minimum absolute atomic E-state index is 0. The highest BCUT2D eigenvalue weighted by Gasteiger charge is 2.24. The van der Waals surface area contributed by atoms with Crippen molar-refractivity contribution in [2.75, 3.05) is 26.2 Å². The maximum Gasteiger partial charge on any atom is 0.120 e. The van der Waals surface area contributed by atoms with Crippen molar-refractivity contribution in [2.24, 2.45) is 0 Å². The minimum Gasteiger partial charge on any atom is -0.488 e. The largest absolute Gasteiger partial charge is 0.488 e. The van der Waals surface area contributed by atoms with Crippen LogP contribution in [-0.2, 0) is 0 Å². The second-order valence-corrected chi connectivity index (χ2v) is 7.97. The van der Waals surface area contributed by atoms with Crippen molar-refractivity contribution in [3.8, 4) is 5.75 Å². The minimum atomic E-state index is -0.160. The van der Waals surface area contributed by atoms with Crippen molar-refractivity contribution in [3.05, 3.63) is 52.2 Å². The van der Waals surface area contributed by atoms with Crippen molar-refractivity contribution in [2.45, 2.75) is 32.4 Å². The van der Waals surface area contributed by atoms with Gasteiger partial charge in [-0.15, -0.1) is 36.2 Å². The predicted octanol–water partition coefficient (Wildman–Crippen LogP) is 4.76. The lowest BCUT2D eigenvalue weighted by Crippen LogP contribution is -2.45. The number of hydrogen-bond donors (Lipinski definition) is 1. The second kappa shape index (κ2) is 9.79. The van der Waals surface area contributed by atoms with Crippen LogP contribution in [0.5, 0.6) is 5.75 Å². The smallest absolute Gasteiger partial charge is 0.120 e. The van der Waals surface area contributed by atoms with Crippen LogP contribution in [0.25, 0.3) is 0 Å². The van der Waals surface area contributed by atoms with E-state index < -0.39 is 0 Å². The summed E-state index contributed by atoms with van der Waals surface area (Å²) < 4.78 is 5.95. The van der Waals surface area contributed by atoms with E-state index in [2.05, 4.69) is 72.8 Å². The van der Waals surface area contributed by atoms with Gasteiger partial charge < -0.3 is 10.1 Å². The molecule has 25 heavy (non-hydrogen) atoms. The SMILES string of the molecule is CC(C)(C)Oc1ccc([C@@H](c2cccs2)N2CCNCC2)cc1.Cl.Cl. The average molecular weight is 403 g/mol. The van der Waals surface area contributed by atoms with Crippen molar-refractivity contribution < 1.29 is 4.74 Å². The molecule has 0 unspecified atom stereocenters. The van der Waals surface area contributed by atoms with E-state index in [0.717, 1.165) is 31.9 Å². The number of benzene rings is 1. The number of ether oxygens (including phenoxy) is 1. The molecule has 0 bridgehead atoms. The van der Waals surface area contributed by atoms with Gasteiger partial charge in [-0.2, -0.15) is 0 Å². The Bertz CT molecular complexity index is 605. The molecule has 1 N–H and O–H groups in total. The van der Waals surface area contributed by atoms with Crippen molar-refractivity contribution in [1.29, 1.82) is 0 Å². The summed E-state index contributed by atoms with van der Waals surface area (Å²) in [7, 11) is 0. The third kappa shape index (κ3) is 6.15. The highest BCUT2D eigenvalue weighted by molar-refractivity contribution is 7.10. The number of nitrogens with one attached hydrogen (secondary N) is 1.